The Morgan fingerprint density at radius 3 is 2.84 bits per heavy atom. The third kappa shape index (κ3) is 3.20. The van der Waals surface area contributed by atoms with E-state index in [2.05, 4.69) is 10.3 Å². The molecule has 1 aromatic carbocycles. The lowest BCUT2D eigenvalue weighted by Gasteiger charge is -2.19. The van der Waals surface area contributed by atoms with Crippen LogP contribution in [-0.2, 0) is 13.5 Å². The van der Waals surface area contributed by atoms with Crippen LogP contribution in [0.5, 0.6) is 0 Å². The first-order valence-electron chi connectivity index (χ1n) is 6.51. The second-order valence-corrected chi connectivity index (χ2v) is 4.84. The predicted octanol–water partition coefficient (Wildman–Crippen LogP) is 2.76. The van der Waals surface area contributed by atoms with Crippen molar-refractivity contribution in [3.63, 3.8) is 0 Å². The van der Waals surface area contributed by atoms with Gasteiger partial charge in [-0.15, -0.1) is 0 Å². The first kappa shape index (κ1) is 13.7. The topological polar surface area (TPSA) is 29.9 Å². The molecule has 19 heavy (non-hydrogen) atoms. The highest BCUT2D eigenvalue weighted by molar-refractivity contribution is 5.29. The first-order valence-corrected chi connectivity index (χ1v) is 6.51. The average Bonchev–Trinajstić information content (AvgIpc) is 2.80. The zero-order valence-electron chi connectivity index (χ0n) is 11.7. The van der Waals surface area contributed by atoms with E-state index in [1.54, 1.807) is 12.3 Å². The number of benzene rings is 1. The number of rotatable bonds is 5. The molecule has 0 fully saturated rings. The molecule has 0 amide bonds. The van der Waals surface area contributed by atoms with E-state index in [1.807, 2.05) is 37.8 Å². The van der Waals surface area contributed by atoms with Crippen LogP contribution in [0.4, 0.5) is 4.39 Å². The molecule has 0 bridgehead atoms. The first-order chi connectivity index (χ1) is 9.11. The average molecular weight is 261 g/mol. The molecule has 0 saturated carbocycles. The molecule has 0 aliphatic rings. The van der Waals surface area contributed by atoms with Gasteiger partial charge in [-0.1, -0.05) is 6.07 Å². The molecule has 0 spiro atoms. The van der Waals surface area contributed by atoms with E-state index in [0.717, 1.165) is 29.8 Å². The fourth-order valence-corrected chi connectivity index (χ4v) is 2.35. The molecule has 1 aromatic heterocycles. The largest absolute Gasteiger partial charge is 0.338 e. The number of nitrogens with zero attached hydrogens (tertiary/aromatic N) is 2. The summed E-state index contributed by atoms with van der Waals surface area (Å²) in [5.74, 6) is 0.868. The molecular formula is C15H20FN3. The number of hydrogen-bond acceptors (Lipinski definition) is 2. The standard InChI is InChI=1S/C15H20FN3/c1-11-4-5-12(16)10-13(11)14(17-2)6-7-15-18-8-9-19(15)3/h4-5,8-10,14,17H,6-7H2,1-3H3. The van der Waals surface area contributed by atoms with Gasteiger partial charge in [-0.2, -0.15) is 0 Å². The van der Waals surface area contributed by atoms with Crippen molar-refractivity contribution in [2.24, 2.45) is 7.05 Å². The minimum Gasteiger partial charge on any atom is -0.338 e. The number of aromatic nitrogens is 2. The van der Waals surface area contributed by atoms with Gasteiger partial charge in [-0.3, -0.25) is 0 Å². The van der Waals surface area contributed by atoms with E-state index in [9.17, 15) is 4.39 Å². The van der Waals surface area contributed by atoms with Crippen molar-refractivity contribution in [1.29, 1.82) is 0 Å². The molecule has 1 heterocycles. The Balaban J connectivity index is 2.12. The lowest BCUT2D eigenvalue weighted by molar-refractivity contribution is 0.528. The Hall–Kier alpha value is -1.68. The van der Waals surface area contributed by atoms with Gasteiger partial charge in [0.2, 0.25) is 0 Å². The summed E-state index contributed by atoms with van der Waals surface area (Å²) in [5.41, 5.74) is 2.14. The maximum atomic E-state index is 13.4. The molecule has 2 rings (SSSR count). The van der Waals surface area contributed by atoms with Gasteiger partial charge in [0.25, 0.3) is 0 Å². The zero-order chi connectivity index (χ0) is 13.8. The van der Waals surface area contributed by atoms with E-state index in [0.29, 0.717) is 0 Å². The summed E-state index contributed by atoms with van der Waals surface area (Å²) in [7, 11) is 3.90. The molecule has 2 aromatic rings. The van der Waals surface area contributed by atoms with Crippen LogP contribution in [0.1, 0.15) is 29.4 Å². The summed E-state index contributed by atoms with van der Waals surface area (Å²) >= 11 is 0. The van der Waals surface area contributed by atoms with Gasteiger partial charge in [0.1, 0.15) is 11.6 Å². The molecular weight excluding hydrogens is 241 g/mol. The van der Waals surface area contributed by atoms with Gasteiger partial charge in [0, 0.05) is 31.9 Å². The van der Waals surface area contributed by atoms with Crippen molar-refractivity contribution < 1.29 is 4.39 Å². The van der Waals surface area contributed by atoms with E-state index < -0.39 is 0 Å². The Labute approximate surface area is 113 Å². The van der Waals surface area contributed by atoms with E-state index >= 15 is 0 Å². The monoisotopic (exact) mass is 261 g/mol. The number of aryl methyl sites for hydroxylation is 3. The van der Waals surface area contributed by atoms with E-state index in [-0.39, 0.29) is 11.9 Å². The summed E-state index contributed by atoms with van der Waals surface area (Å²) in [6.07, 6.45) is 5.50. The number of nitrogens with one attached hydrogen (secondary N) is 1. The smallest absolute Gasteiger partial charge is 0.123 e. The fraction of sp³-hybridized carbons (Fsp3) is 0.400. The number of hydrogen-bond donors (Lipinski definition) is 1. The van der Waals surface area contributed by atoms with Crippen LogP contribution in [0.25, 0.3) is 0 Å². The molecule has 0 radical (unpaired) electrons. The highest BCUT2D eigenvalue weighted by Gasteiger charge is 2.13. The van der Waals surface area contributed by atoms with Crippen LogP contribution in [0.2, 0.25) is 0 Å². The van der Waals surface area contributed by atoms with E-state index in [1.165, 1.54) is 6.07 Å². The number of halogens is 1. The zero-order valence-corrected chi connectivity index (χ0v) is 11.7. The van der Waals surface area contributed by atoms with Crippen LogP contribution in [-0.4, -0.2) is 16.6 Å². The minimum absolute atomic E-state index is 0.146. The summed E-state index contributed by atoms with van der Waals surface area (Å²) in [6, 6.07) is 5.10. The summed E-state index contributed by atoms with van der Waals surface area (Å²) in [4.78, 5) is 4.32. The predicted molar refractivity (Wildman–Crippen MR) is 74.5 cm³/mol. The second-order valence-electron chi connectivity index (χ2n) is 4.84. The molecule has 0 aliphatic carbocycles. The lowest BCUT2D eigenvalue weighted by Crippen LogP contribution is -2.19. The van der Waals surface area contributed by atoms with Crippen LogP contribution in [0.3, 0.4) is 0 Å². The van der Waals surface area contributed by atoms with Crippen LogP contribution in [0.15, 0.2) is 30.6 Å². The van der Waals surface area contributed by atoms with Crippen molar-refractivity contribution in [3.8, 4) is 0 Å². The van der Waals surface area contributed by atoms with Crippen molar-refractivity contribution in [2.75, 3.05) is 7.05 Å². The van der Waals surface area contributed by atoms with Gasteiger partial charge < -0.3 is 9.88 Å². The maximum Gasteiger partial charge on any atom is 0.123 e. The van der Waals surface area contributed by atoms with Crippen molar-refractivity contribution >= 4 is 0 Å². The minimum atomic E-state index is -0.183. The third-order valence-corrected chi connectivity index (χ3v) is 3.54. The molecule has 1 atom stereocenters. The maximum absolute atomic E-state index is 13.4. The molecule has 1 unspecified atom stereocenters. The Bertz CT molecular complexity index is 548. The Kier molecular flexibility index (Phi) is 4.32. The molecule has 3 nitrogen and oxygen atoms in total. The van der Waals surface area contributed by atoms with Gasteiger partial charge >= 0.3 is 0 Å². The summed E-state index contributed by atoms with van der Waals surface area (Å²) < 4.78 is 15.4. The van der Waals surface area contributed by atoms with Gasteiger partial charge in [0.15, 0.2) is 0 Å². The molecule has 0 saturated heterocycles. The normalized spacial score (nSPS) is 12.6. The molecule has 4 heteroatoms. The van der Waals surface area contributed by atoms with Gasteiger partial charge in [-0.05, 0) is 43.7 Å². The quantitative estimate of drug-likeness (QED) is 0.897. The van der Waals surface area contributed by atoms with Gasteiger partial charge in [0.05, 0.1) is 0 Å². The fourth-order valence-electron chi connectivity index (χ4n) is 2.35. The summed E-state index contributed by atoms with van der Waals surface area (Å²) in [6.45, 7) is 2.01. The molecule has 102 valence electrons. The van der Waals surface area contributed by atoms with Crippen LogP contribution >= 0.6 is 0 Å². The van der Waals surface area contributed by atoms with Gasteiger partial charge in [-0.25, -0.2) is 9.37 Å². The SMILES string of the molecule is CNC(CCc1nccn1C)c1cc(F)ccc1C. The highest BCUT2D eigenvalue weighted by Crippen LogP contribution is 2.22. The van der Waals surface area contributed by atoms with Crippen LogP contribution < -0.4 is 5.32 Å². The van der Waals surface area contributed by atoms with E-state index in [4.69, 9.17) is 0 Å². The summed E-state index contributed by atoms with van der Waals surface area (Å²) in [5, 5.41) is 3.26. The van der Waals surface area contributed by atoms with Crippen molar-refractivity contribution in [3.05, 3.63) is 53.4 Å². The van der Waals surface area contributed by atoms with Crippen molar-refractivity contribution in [1.82, 2.24) is 14.9 Å². The molecule has 1 N–H and O–H groups in total. The third-order valence-electron chi connectivity index (χ3n) is 3.54. The molecule has 0 aliphatic heterocycles. The highest BCUT2D eigenvalue weighted by atomic mass is 19.1. The lowest BCUT2D eigenvalue weighted by atomic mass is 9.97. The van der Waals surface area contributed by atoms with Crippen LogP contribution in [0, 0.1) is 12.7 Å². The Morgan fingerprint density at radius 1 is 1.42 bits per heavy atom. The second kappa shape index (κ2) is 5.97. The Morgan fingerprint density at radius 2 is 2.21 bits per heavy atom. The number of imidazole rings is 1. The van der Waals surface area contributed by atoms with Crippen molar-refractivity contribution in [2.45, 2.75) is 25.8 Å².